The summed E-state index contributed by atoms with van der Waals surface area (Å²) in [5, 5.41) is 3.16. The monoisotopic (exact) mass is 412 g/mol. The van der Waals surface area contributed by atoms with Crippen LogP contribution in [-0.4, -0.2) is 23.6 Å². The van der Waals surface area contributed by atoms with Gasteiger partial charge in [-0.15, -0.1) is 24.0 Å². The van der Waals surface area contributed by atoms with E-state index in [1.807, 2.05) is 0 Å². The van der Waals surface area contributed by atoms with E-state index in [-0.39, 0.29) is 29.9 Å². The maximum Gasteiger partial charge on any atom is 0.388 e. The van der Waals surface area contributed by atoms with Gasteiger partial charge in [-0.3, -0.25) is 0 Å². The van der Waals surface area contributed by atoms with Gasteiger partial charge in [0.25, 0.3) is 0 Å². The SMILES string of the molecule is I.NC(=NCc1ccnc(OC(F)F)c1)NC1CCCC1. The van der Waals surface area contributed by atoms with Crippen LogP contribution in [0.25, 0.3) is 0 Å². The third-order valence-electron chi connectivity index (χ3n) is 3.15. The number of guanidine groups is 1. The number of alkyl halides is 2. The summed E-state index contributed by atoms with van der Waals surface area (Å²) in [5.41, 5.74) is 6.51. The molecule has 118 valence electrons. The molecule has 0 saturated heterocycles. The van der Waals surface area contributed by atoms with Crippen LogP contribution < -0.4 is 15.8 Å². The van der Waals surface area contributed by atoms with Gasteiger partial charge in [-0.2, -0.15) is 8.78 Å². The Kier molecular flexibility index (Phi) is 7.62. The van der Waals surface area contributed by atoms with Crippen LogP contribution in [-0.2, 0) is 6.54 Å². The van der Waals surface area contributed by atoms with E-state index >= 15 is 0 Å². The van der Waals surface area contributed by atoms with Crippen molar-refractivity contribution in [3.05, 3.63) is 23.9 Å². The summed E-state index contributed by atoms with van der Waals surface area (Å²) in [5.74, 6) is 0.264. The molecule has 0 spiro atoms. The van der Waals surface area contributed by atoms with Gasteiger partial charge in [0.05, 0.1) is 6.54 Å². The first-order valence-corrected chi connectivity index (χ1v) is 6.59. The fourth-order valence-corrected chi connectivity index (χ4v) is 2.21. The zero-order valence-electron chi connectivity index (χ0n) is 11.5. The Hall–Kier alpha value is -1.19. The van der Waals surface area contributed by atoms with E-state index in [0.717, 1.165) is 12.8 Å². The number of nitrogens with zero attached hydrogens (tertiary/aromatic N) is 2. The number of hydrogen-bond acceptors (Lipinski definition) is 3. The number of nitrogens with two attached hydrogens (primary N) is 1. The molecular weight excluding hydrogens is 393 g/mol. The quantitative estimate of drug-likeness (QED) is 0.443. The highest BCUT2D eigenvalue weighted by molar-refractivity contribution is 14.0. The Labute approximate surface area is 139 Å². The van der Waals surface area contributed by atoms with E-state index in [9.17, 15) is 8.78 Å². The molecule has 0 bridgehead atoms. The summed E-state index contributed by atoms with van der Waals surface area (Å²) in [6.07, 6.45) is 6.05. The van der Waals surface area contributed by atoms with Crippen LogP contribution in [0.2, 0.25) is 0 Å². The summed E-state index contributed by atoms with van der Waals surface area (Å²) < 4.78 is 28.4. The number of aliphatic imine (C=N–C) groups is 1. The van der Waals surface area contributed by atoms with Crippen molar-refractivity contribution in [2.75, 3.05) is 0 Å². The molecule has 0 radical (unpaired) electrons. The molecule has 1 aromatic rings. The number of aromatic nitrogens is 1. The second kappa shape index (κ2) is 8.96. The second-order valence-electron chi connectivity index (χ2n) is 4.71. The summed E-state index contributed by atoms with van der Waals surface area (Å²) in [7, 11) is 0. The van der Waals surface area contributed by atoms with E-state index in [1.54, 1.807) is 6.07 Å². The van der Waals surface area contributed by atoms with Crippen LogP contribution in [0.1, 0.15) is 31.2 Å². The Morgan fingerprint density at radius 1 is 1.48 bits per heavy atom. The van der Waals surface area contributed by atoms with Gasteiger partial charge in [-0.1, -0.05) is 12.8 Å². The molecular formula is C13H19F2IN4O. The Balaban J connectivity index is 0.00000220. The van der Waals surface area contributed by atoms with E-state index in [0.29, 0.717) is 24.1 Å². The van der Waals surface area contributed by atoms with Gasteiger partial charge >= 0.3 is 6.61 Å². The number of hydrogen-bond donors (Lipinski definition) is 2. The van der Waals surface area contributed by atoms with Crippen molar-refractivity contribution in [1.29, 1.82) is 0 Å². The van der Waals surface area contributed by atoms with Gasteiger partial charge in [-0.25, -0.2) is 9.98 Å². The topological polar surface area (TPSA) is 72.5 Å². The normalized spacial score (nSPS) is 15.9. The molecule has 1 heterocycles. The van der Waals surface area contributed by atoms with E-state index in [4.69, 9.17) is 5.73 Å². The molecule has 0 aromatic carbocycles. The molecule has 0 atom stereocenters. The first-order chi connectivity index (χ1) is 9.63. The average molecular weight is 412 g/mol. The zero-order valence-corrected chi connectivity index (χ0v) is 13.8. The maximum atomic E-state index is 12.1. The number of pyridine rings is 1. The average Bonchev–Trinajstić information content (AvgIpc) is 2.89. The lowest BCUT2D eigenvalue weighted by Gasteiger charge is -2.12. The smallest absolute Gasteiger partial charge is 0.388 e. The minimum Gasteiger partial charge on any atom is -0.417 e. The second-order valence-corrected chi connectivity index (χ2v) is 4.71. The lowest BCUT2D eigenvalue weighted by Crippen LogP contribution is -2.38. The van der Waals surface area contributed by atoms with E-state index in [2.05, 4.69) is 20.0 Å². The summed E-state index contributed by atoms with van der Waals surface area (Å²) in [6.45, 7) is -2.58. The summed E-state index contributed by atoms with van der Waals surface area (Å²) >= 11 is 0. The van der Waals surface area contributed by atoms with Gasteiger partial charge in [0.15, 0.2) is 5.96 Å². The maximum absolute atomic E-state index is 12.1. The van der Waals surface area contributed by atoms with Crippen molar-refractivity contribution < 1.29 is 13.5 Å². The fraction of sp³-hybridized carbons (Fsp3) is 0.538. The molecule has 2 rings (SSSR count). The van der Waals surface area contributed by atoms with Crippen LogP contribution in [0.3, 0.4) is 0 Å². The molecule has 1 fully saturated rings. The van der Waals surface area contributed by atoms with Crippen molar-refractivity contribution in [3.63, 3.8) is 0 Å². The minimum absolute atomic E-state index is 0. The van der Waals surface area contributed by atoms with Crippen molar-refractivity contribution in [2.45, 2.75) is 44.9 Å². The third kappa shape index (κ3) is 6.40. The standard InChI is InChI=1S/C13H18F2N4O.HI/c14-12(15)20-11-7-9(5-6-17-11)8-18-13(16)19-10-3-1-2-4-10;/h5-7,10,12H,1-4,8H2,(H3,16,18,19);1H. The van der Waals surface area contributed by atoms with Crippen LogP contribution >= 0.6 is 24.0 Å². The molecule has 1 aromatic heterocycles. The van der Waals surface area contributed by atoms with Gasteiger partial charge in [-0.05, 0) is 24.5 Å². The summed E-state index contributed by atoms with van der Waals surface area (Å²) in [6, 6.07) is 3.51. The Morgan fingerprint density at radius 2 is 2.19 bits per heavy atom. The Bertz CT molecular complexity index is 467. The predicted octanol–water partition coefficient (Wildman–Crippen LogP) is 2.65. The molecule has 0 amide bonds. The number of rotatable bonds is 5. The highest BCUT2D eigenvalue weighted by atomic mass is 127. The third-order valence-corrected chi connectivity index (χ3v) is 3.15. The van der Waals surface area contributed by atoms with Crippen molar-refractivity contribution in [1.82, 2.24) is 10.3 Å². The van der Waals surface area contributed by atoms with Gasteiger partial charge < -0.3 is 15.8 Å². The van der Waals surface area contributed by atoms with Crippen LogP contribution in [0.15, 0.2) is 23.3 Å². The van der Waals surface area contributed by atoms with Crippen molar-refractivity contribution in [2.24, 2.45) is 10.7 Å². The molecule has 0 unspecified atom stereocenters. The Morgan fingerprint density at radius 3 is 2.86 bits per heavy atom. The largest absolute Gasteiger partial charge is 0.417 e. The number of ether oxygens (including phenoxy) is 1. The lowest BCUT2D eigenvalue weighted by molar-refractivity contribution is -0.0528. The van der Waals surface area contributed by atoms with Gasteiger partial charge in [0.1, 0.15) is 0 Å². The molecule has 21 heavy (non-hydrogen) atoms. The van der Waals surface area contributed by atoms with Gasteiger partial charge in [0.2, 0.25) is 5.88 Å². The van der Waals surface area contributed by atoms with Crippen molar-refractivity contribution >= 4 is 29.9 Å². The van der Waals surface area contributed by atoms with E-state index in [1.165, 1.54) is 25.1 Å². The highest BCUT2D eigenvalue weighted by Gasteiger charge is 2.14. The molecule has 1 saturated carbocycles. The molecule has 3 N–H and O–H groups in total. The minimum atomic E-state index is -2.88. The number of halogens is 3. The van der Waals surface area contributed by atoms with Crippen LogP contribution in [0.4, 0.5) is 8.78 Å². The first-order valence-electron chi connectivity index (χ1n) is 6.59. The fourth-order valence-electron chi connectivity index (χ4n) is 2.21. The lowest BCUT2D eigenvalue weighted by atomic mass is 10.2. The number of nitrogens with one attached hydrogen (secondary N) is 1. The summed E-state index contributed by atoms with van der Waals surface area (Å²) in [4.78, 5) is 7.88. The van der Waals surface area contributed by atoms with Gasteiger partial charge in [0, 0.05) is 18.3 Å². The van der Waals surface area contributed by atoms with Crippen LogP contribution in [0.5, 0.6) is 5.88 Å². The van der Waals surface area contributed by atoms with Crippen LogP contribution in [0, 0.1) is 0 Å². The molecule has 1 aliphatic carbocycles. The van der Waals surface area contributed by atoms with E-state index < -0.39 is 6.61 Å². The molecule has 8 heteroatoms. The predicted molar refractivity (Wildman–Crippen MR) is 87.0 cm³/mol. The molecule has 5 nitrogen and oxygen atoms in total. The molecule has 1 aliphatic rings. The molecule has 0 aliphatic heterocycles. The van der Waals surface area contributed by atoms with Crippen molar-refractivity contribution in [3.8, 4) is 5.88 Å². The zero-order chi connectivity index (χ0) is 14.4. The highest BCUT2D eigenvalue weighted by Crippen LogP contribution is 2.17. The first kappa shape index (κ1) is 17.9.